The van der Waals surface area contributed by atoms with Crippen LogP contribution in [0.5, 0.6) is 11.5 Å². The molecule has 0 heterocycles. The van der Waals surface area contributed by atoms with E-state index in [9.17, 15) is 9.18 Å². The van der Waals surface area contributed by atoms with E-state index in [0.717, 1.165) is 5.56 Å². The summed E-state index contributed by atoms with van der Waals surface area (Å²) in [5.41, 5.74) is 5.85. The highest BCUT2D eigenvalue weighted by Crippen LogP contribution is 2.29. The van der Waals surface area contributed by atoms with E-state index < -0.39 is 11.7 Å². The molecular weight excluding hydrogens is 259 g/mol. The van der Waals surface area contributed by atoms with Gasteiger partial charge in [-0.15, -0.1) is 0 Å². The summed E-state index contributed by atoms with van der Waals surface area (Å²) in [5, 5.41) is 3.01. The van der Waals surface area contributed by atoms with Crippen LogP contribution < -0.4 is 15.8 Å². The van der Waals surface area contributed by atoms with Crippen molar-refractivity contribution in [3.05, 3.63) is 59.4 Å². The van der Waals surface area contributed by atoms with Crippen molar-refractivity contribution in [2.75, 3.05) is 7.05 Å². The number of hydrogen-bond acceptors (Lipinski definition) is 3. The van der Waals surface area contributed by atoms with E-state index in [1.165, 1.54) is 18.2 Å². The van der Waals surface area contributed by atoms with Crippen LogP contribution in [0.3, 0.4) is 0 Å². The largest absolute Gasteiger partial charge is 0.456 e. The first kappa shape index (κ1) is 14.0. The minimum Gasteiger partial charge on any atom is -0.456 e. The standard InChI is InChI=1S/C15H15FN2O2/c1-18-9-10-5-2-3-7-12(10)20-13-8-4-6-11(16)14(13)15(17)19/h2-8,18H,9H2,1H3,(H2,17,19). The van der Waals surface area contributed by atoms with Crippen LogP contribution in [0.25, 0.3) is 0 Å². The van der Waals surface area contributed by atoms with Crippen LogP contribution in [0.1, 0.15) is 15.9 Å². The molecule has 0 radical (unpaired) electrons. The normalized spacial score (nSPS) is 10.3. The molecule has 0 saturated heterocycles. The lowest BCUT2D eigenvalue weighted by atomic mass is 10.1. The quantitative estimate of drug-likeness (QED) is 0.880. The Kier molecular flexibility index (Phi) is 4.32. The summed E-state index contributed by atoms with van der Waals surface area (Å²) < 4.78 is 19.3. The number of halogens is 1. The van der Waals surface area contributed by atoms with Gasteiger partial charge in [-0.1, -0.05) is 24.3 Å². The number of para-hydroxylation sites is 1. The highest BCUT2D eigenvalue weighted by atomic mass is 19.1. The molecule has 0 bridgehead atoms. The highest BCUT2D eigenvalue weighted by Gasteiger charge is 2.16. The molecule has 20 heavy (non-hydrogen) atoms. The van der Waals surface area contributed by atoms with Crippen molar-refractivity contribution in [2.24, 2.45) is 5.73 Å². The molecule has 104 valence electrons. The van der Waals surface area contributed by atoms with Gasteiger partial charge in [-0.2, -0.15) is 0 Å². The number of hydrogen-bond donors (Lipinski definition) is 2. The molecule has 4 nitrogen and oxygen atoms in total. The summed E-state index contributed by atoms with van der Waals surface area (Å²) in [6, 6.07) is 11.5. The third-order valence-corrected chi connectivity index (χ3v) is 2.78. The van der Waals surface area contributed by atoms with Crippen molar-refractivity contribution < 1.29 is 13.9 Å². The van der Waals surface area contributed by atoms with E-state index in [-0.39, 0.29) is 11.3 Å². The van der Waals surface area contributed by atoms with Crippen LogP contribution in [0.2, 0.25) is 0 Å². The molecule has 1 amide bonds. The lowest BCUT2D eigenvalue weighted by Gasteiger charge is -2.13. The third kappa shape index (κ3) is 2.95. The maximum atomic E-state index is 13.7. The second-order valence-corrected chi connectivity index (χ2v) is 4.22. The number of ether oxygens (including phenoxy) is 1. The zero-order valence-corrected chi connectivity index (χ0v) is 11.0. The third-order valence-electron chi connectivity index (χ3n) is 2.78. The van der Waals surface area contributed by atoms with E-state index in [0.29, 0.717) is 12.3 Å². The molecule has 5 heteroatoms. The topological polar surface area (TPSA) is 64.3 Å². The predicted molar refractivity (Wildman–Crippen MR) is 74.2 cm³/mol. The van der Waals surface area contributed by atoms with Gasteiger partial charge in [0, 0.05) is 12.1 Å². The minimum atomic E-state index is -0.857. The molecule has 2 aromatic carbocycles. The molecule has 2 rings (SSSR count). The molecule has 0 spiro atoms. The van der Waals surface area contributed by atoms with Crippen molar-refractivity contribution in [2.45, 2.75) is 6.54 Å². The smallest absolute Gasteiger partial charge is 0.255 e. The molecule has 2 aromatic rings. The number of rotatable bonds is 5. The van der Waals surface area contributed by atoms with E-state index in [2.05, 4.69) is 5.32 Å². The Morgan fingerprint density at radius 3 is 2.60 bits per heavy atom. The van der Waals surface area contributed by atoms with Gasteiger partial charge in [-0.25, -0.2) is 4.39 Å². The number of benzene rings is 2. The van der Waals surface area contributed by atoms with E-state index >= 15 is 0 Å². The van der Waals surface area contributed by atoms with Gasteiger partial charge in [0.25, 0.3) is 5.91 Å². The van der Waals surface area contributed by atoms with Crippen LogP contribution >= 0.6 is 0 Å². The molecule has 3 N–H and O–H groups in total. The van der Waals surface area contributed by atoms with Crippen LogP contribution in [-0.4, -0.2) is 13.0 Å². The molecular formula is C15H15FN2O2. The Morgan fingerprint density at radius 1 is 1.20 bits per heavy atom. The lowest BCUT2D eigenvalue weighted by molar-refractivity contribution is 0.0994. The van der Waals surface area contributed by atoms with Crippen LogP contribution in [-0.2, 0) is 6.54 Å². The zero-order valence-electron chi connectivity index (χ0n) is 11.0. The summed E-state index contributed by atoms with van der Waals surface area (Å²) >= 11 is 0. The molecule has 0 saturated carbocycles. The molecule has 0 aliphatic rings. The van der Waals surface area contributed by atoms with Crippen LogP contribution in [0.15, 0.2) is 42.5 Å². The van der Waals surface area contributed by atoms with Crippen molar-refractivity contribution in [1.82, 2.24) is 5.32 Å². The monoisotopic (exact) mass is 274 g/mol. The first-order valence-corrected chi connectivity index (χ1v) is 6.12. The van der Waals surface area contributed by atoms with Crippen LogP contribution in [0, 0.1) is 5.82 Å². The number of nitrogens with one attached hydrogen (secondary N) is 1. The molecule has 0 atom stereocenters. The Labute approximate surface area is 116 Å². The fraction of sp³-hybridized carbons (Fsp3) is 0.133. The predicted octanol–water partition coefficient (Wildman–Crippen LogP) is 2.44. The first-order chi connectivity index (χ1) is 9.63. The maximum Gasteiger partial charge on any atom is 0.255 e. The Hall–Kier alpha value is -2.40. The van der Waals surface area contributed by atoms with Gasteiger partial charge in [-0.05, 0) is 25.2 Å². The number of nitrogens with two attached hydrogens (primary N) is 1. The first-order valence-electron chi connectivity index (χ1n) is 6.12. The fourth-order valence-corrected chi connectivity index (χ4v) is 1.89. The SMILES string of the molecule is CNCc1ccccc1Oc1cccc(F)c1C(N)=O. The number of amides is 1. The summed E-state index contributed by atoms with van der Waals surface area (Å²) in [6.45, 7) is 0.595. The number of carbonyl (C=O) groups is 1. The molecule has 0 aromatic heterocycles. The fourth-order valence-electron chi connectivity index (χ4n) is 1.89. The van der Waals surface area contributed by atoms with Gasteiger partial charge in [0.1, 0.15) is 22.9 Å². The summed E-state index contributed by atoms with van der Waals surface area (Å²) in [7, 11) is 1.81. The molecule has 0 aliphatic carbocycles. The molecule has 0 unspecified atom stereocenters. The summed E-state index contributed by atoms with van der Waals surface area (Å²) in [5.74, 6) is -0.888. The van der Waals surface area contributed by atoms with Gasteiger partial charge in [0.2, 0.25) is 0 Å². The zero-order chi connectivity index (χ0) is 14.5. The van der Waals surface area contributed by atoms with Gasteiger partial charge >= 0.3 is 0 Å². The van der Waals surface area contributed by atoms with Gasteiger partial charge in [0.15, 0.2) is 0 Å². The van der Waals surface area contributed by atoms with Crippen LogP contribution in [0.4, 0.5) is 4.39 Å². The van der Waals surface area contributed by atoms with E-state index in [4.69, 9.17) is 10.5 Å². The molecule has 0 fully saturated rings. The minimum absolute atomic E-state index is 0.112. The highest BCUT2D eigenvalue weighted by molar-refractivity contribution is 5.96. The van der Waals surface area contributed by atoms with Crippen molar-refractivity contribution in [3.63, 3.8) is 0 Å². The number of primary amides is 1. The Bertz CT molecular complexity index is 629. The average Bonchev–Trinajstić information content (AvgIpc) is 2.41. The second kappa shape index (κ2) is 6.16. The Balaban J connectivity index is 2.40. The lowest BCUT2D eigenvalue weighted by Crippen LogP contribution is -2.14. The molecule has 0 aliphatic heterocycles. The Morgan fingerprint density at radius 2 is 1.90 bits per heavy atom. The van der Waals surface area contributed by atoms with Gasteiger partial charge in [0.05, 0.1) is 0 Å². The second-order valence-electron chi connectivity index (χ2n) is 4.22. The maximum absolute atomic E-state index is 13.7. The average molecular weight is 274 g/mol. The summed E-state index contributed by atoms with van der Waals surface area (Å²) in [6.07, 6.45) is 0. The van der Waals surface area contributed by atoms with Gasteiger partial charge < -0.3 is 15.8 Å². The van der Waals surface area contributed by atoms with E-state index in [1.54, 1.807) is 12.1 Å². The van der Waals surface area contributed by atoms with Gasteiger partial charge in [-0.3, -0.25) is 4.79 Å². The van der Waals surface area contributed by atoms with E-state index in [1.807, 2.05) is 19.2 Å². The summed E-state index contributed by atoms with van der Waals surface area (Å²) in [4.78, 5) is 11.3. The van der Waals surface area contributed by atoms with Crippen molar-refractivity contribution >= 4 is 5.91 Å². The van der Waals surface area contributed by atoms with Crippen molar-refractivity contribution in [1.29, 1.82) is 0 Å². The number of carbonyl (C=O) groups excluding carboxylic acids is 1. The van der Waals surface area contributed by atoms with Crippen molar-refractivity contribution in [3.8, 4) is 11.5 Å².